The molecule has 0 saturated heterocycles. The fraction of sp³-hybridized carbons (Fsp3) is 0.308. The number of aryl methyl sites for hydroxylation is 1. The summed E-state index contributed by atoms with van der Waals surface area (Å²) in [6, 6.07) is 9.19. The molecule has 0 amide bonds. The van der Waals surface area contributed by atoms with E-state index in [2.05, 4.69) is 33.0 Å². The Balaban J connectivity index is 1.54. The van der Waals surface area contributed by atoms with Crippen molar-refractivity contribution in [2.75, 3.05) is 0 Å². The zero-order valence-electron chi connectivity index (χ0n) is 19.8. The highest BCUT2D eigenvalue weighted by Gasteiger charge is 2.21. The Morgan fingerprint density at radius 1 is 1.34 bits per heavy atom. The Kier molecular flexibility index (Phi) is 7.55. The molecule has 0 atom stereocenters. The van der Waals surface area contributed by atoms with Crippen LogP contribution in [0.5, 0.6) is 0 Å². The van der Waals surface area contributed by atoms with Gasteiger partial charge < -0.3 is 9.84 Å². The van der Waals surface area contributed by atoms with Gasteiger partial charge >= 0.3 is 11.7 Å². The summed E-state index contributed by atoms with van der Waals surface area (Å²) in [4.78, 5) is 12.4. The van der Waals surface area contributed by atoms with Crippen LogP contribution in [0.4, 0.5) is 0 Å². The average Bonchev–Trinajstić information content (AvgIpc) is 3.30. The second-order valence-electron chi connectivity index (χ2n) is 8.61. The second-order valence-corrected chi connectivity index (χ2v) is 8.61. The maximum absolute atomic E-state index is 12.4. The molecule has 35 heavy (non-hydrogen) atoms. The van der Waals surface area contributed by atoms with Gasteiger partial charge in [-0.05, 0) is 49.5 Å². The number of allylic oxidation sites excluding steroid dienone is 1. The van der Waals surface area contributed by atoms with Gasteiger partial charge in [-0.2, -0.15) is 10.2 Å². The molecule has 2 aromatic heterocycles. The van der Waals surface area contributed by atoms with Crippen molar-refractivity contribution in [1.29, 1.82) is 0 Å². The lowest BCUT2D eigenvalue weighted by Crippen LogP contribution is -2.58. The molecule has 1 fully saturated rings. The number of aliphatic hydroxyl groups is 1. The van der Waals surface area contributed by atoms with Gasteiger partial charge in [-0.1, -0.05) is 18.7 Å². The largest absolute Gasteiger partial charge is 0.498 e. The van der Waals surface area contributed by atoms with E-state index in [1.807, 2.05) is 37.5 Å². The van der Waals surface area contributed by atoms with E-state index in [4.69, 9.17) is 4.74 Å². The highest BCUT2D eigenvalue weighted by Crippen LogP contribution is 2.22. The summed E-state index contributed by atoms with van der Waals surface area (Å²) < 4.78 is 13.6. The molecule has 3 aromatic rings. The van der Waals surface area contributed by atoms with Gasteiger partial charge in [0.1, 0.15) is 16.9 Å². The fourth-order valence-corrected chi connectivity index (χ4v) is 3.94. The maximum Gasteiger partial charge on any atom is 0.498 e. The van der Waals surface area contributed by atoms with Crippen LogP contribution in [0.25, 0.3) is 5.69 Å². The van der Waals surface area contributed by atoms with Gasteiger partial charge in [-0.3, -0.25) is 15.2 Å². The summed E-state index contributed by atoms with van der Waals surface area (Å²) in [6.45, 7) is 3.78. The van der Waals surface area contributed by atoms with Crippen LogP contribution in [0.3, 0.4) is 0 Å². The molecule has 1 aliphatic rings. The van der Waals surface area contributed by atoms with Crippen molar-refractivity contribution in [2.45, 2.75) is 44.3 Å². The number of benzene rings is 1. The lowest BCUT2D eigenvalue weighted by molar-refractivity contribution is -0.213. The first-order chi connectivity index (χ1) is 16.9. The van der Waals surface area contributed by atoms with Gasteiger partial charge in [0, 0.05) is 30.4 Å². The summed E-state index contributed by atoms with van der Waals surface area (Å²) in [5.41, 5.74) is 6.86. The number of rotatable bonds is 7. The third-order valence-corrected chi connectivity index (χ3v) is 5.89. The Morgan fingerprint density at radius 2 is 2.14 bits per heavy atom. The molecule has 1 aromatic carbocycles. The Hall–Kier alpha value is -4.00. The monoisotopic (exact) mass is 474 g/mol. The Labute approximate surface area is 203 Å². The Bertz CT molecular complexity index is 1370. The van der Waals surface area contributed by atoms with E-state index in [-0.39, 0.29) is 17.6 Å². The minimum Gasteiger partial charge on any atom is -0.477 e. The number of aromatic nitrogens is 4. The minimum absolute atomic E-state index is 0.0276. The normalized spacial score (nSPS) is 17.2. The first-order valence-corrected chi connectivity index (χ1v) is 11.6. The number of amidine groups is 1. The van der Waals surface area contributed by atoms with Gasteiger partial charge in [0.15, 0.2) is 0 Å². The Morgan fingerprint density at radius 3 is 2.86 bits per heavy atom. The van der Waals surface area contributed by atoms with E-state index < -0.39 is 0 Å². The first kappa shape index (κ1) is 24.1. The number of quaternary nitrogens is 1. The van der Waals surface area contributed by atoms with Crippen molar-refractivity contribution >= 4 is 11.7 Å². The summed E-state index contributed by atoms with van der Waals surface area (Å²) >= 11 is 0. The predicted octanol–water partition coefficient (Wildman–Crippen LogP) is 0.672. The molecular formula is C26H30N6O3+2. The minimum atomic E-state index is -0.240. The van der Waals surface area contributed by atoms with Gasteiger partial charge in [-0.15, -0.1) is 0 Å². The van der Waals surface area contributed by atoms with Crippen molar-refractivity contribution in [3.63, 3.8) is 0 Å². The number of aliphatic hydroxyl groups excluding tert-OH is 1. The van der Waals surface area contributed by atoms with Crippen molar-refractivity contribution < 1.29 is 15.6 Å². The van der Waals surface area contributed by atoms with Crippen LogP contribution < -0.4 is 15.8 Å². The molecule has 180 valence electrons. The van der Waals surface area contributed by atoms with Crippen LogP contribution in [-0.4, -0.2) is 48.6 Å². The number of hydrogen-bond acceptors (Lipinski definition) is 5. The van der Waals surface area contributed by atoms with Gasteiger partial charge in [0.25, 0.3) is 0 Å². The number of nitrogens with zero attached hydrogens (tertiary/aromatic N) is 5. The van der Waals surface area contributed by atoms with Gasteiger partial charge in [-0.25, -0.2) is 4.68 Å². The molecule has 9 nitrogen and oxygen atoms in total. The van der Waals surface area contributed by atoms with E-state index in [1.54, 1.807) is 27.8 Å². The maximum atomic E-state index is 12.4. The zero-order chi connectivity index (χ0) is 24.8. The predicted molar refractivity (Wildman–Crippen MR) is 133 cm³/mol. The molecule has 2 heterocycles. The topological polar surface area (TPSA) is 124 Å². The van der Waals surface area contributed by atoms with Crippen LogP contribution in [0, 0.1) is 0 Å². The highest BCUT2D eigenvalue weighted by molar-refractivity contribution is 5.91. The van der Waals surface area contributed by atoms with Crippen molar-refractivity contribution in [1.82, 2.24) is 24.2 Å². The SMILES string of the molecule is C=CC(=C=[N+]=C([NH3+])c1cccc(Cc2nn(-c3cnn(C)c3)ccc2=O)c1)OC1CCC(O)CC1. The average molecular weight is 475 g/mol. The fourth-order valence-electron chi connectivity index (χ4n) is 3.94. The molecule has 0 spiro atoms. The van der Waals surface area contributed by atoms with Crippen LogP contribution >= 0.6 is 0 Å². The third-order valence-electron chi connectivity index (χ3n) is 5.89. The lowest BCUT2D eigenvalue weighted by Gasteiger charge is -2.25. The van der Waals surface area contributed by atoms with E-state index in [0.29, 0.717) is 23.7 Å². The summed E-state index contributed by atoms with van der Waals surface area (Å²) in [5.74, 6) is 3.87. The zero-order valence-corrected chi connectivity index (χ0v) is 19.8. The first-order valence-electron chi connectivity index (χ1n) is 11.6. The summed E-state index contributed by atoms with van der Waals surface area (Å²) in [5, 5.41) is 18.3. The highest BCUT2D eigenvalue weighted by atomic mass is 16.5. The molecule has 9 heteroatoms. The molecule has 0 aliphatic heterocycles. The number of ether oxygens (including phenoxy) is 1. The van der Waals surface area contributed by atoms with Crippen molar-refractivity contribution in [3.8, 4) is 5.69 Å². The van der Waals surface area contributed by atoms with Crippen molar-refractivity contribution in [2.24, 2.45) is 7.05 Å². The number of hydrogen-bond donors (Lipinski definition) is 2. The van der Waals surface area contributed by atoms with E-state index in [0.717, 1.165) is 42.5 Å². The quantitative estimate of drug-likeness (QED) is 0.171. The van der Waals surface area contributed by atoms with E-state index >= 15 is 0 Å². The van der Waals surface area contributed by atoms with Crippen LogP contribution in [0.2, 0.25) is 0 Å². The van der Waals surface area contributed by atoms with Crippen LogP contribution in [-0.2, 0) is 18.2 Å². The molecule has 0 radical (unpaired) electrons. The molecule has 0 unspecified atom stereocenters. The molecule has 0 bridgehead atoms. The second kappa shape index (κ2) is 11.0. The van der Waals surface area contributed by atoms with Gasteiger partial charge in [0.2, 0.25) is 11.2 Å². The molecule has 1 saturated carbocycles. The third kappa shape index (κ3) is 6.32. The van der Waals surface area contributed by atoms with Crippen LogP contribution in [0.15, 0.2) is 72.1 Å². The standard InChI is InChI=1S/C26H28N6O3/c1-3-22(35-23-9-7-21(33)8-10-23)16-28-26(27)19-6-4-5-18(13-19)14-24-25(34)11-12-32(30-24)20-15-29-31(2)17-20/h3-6,11-13,15,17,21,23,27,33H,1,7-10,14H2,2H3/p+2. The van der Waals surface area contributed by atoms with Crippen molar-refractivity contribution in [3.05, 3.63) is 94.4 Å². The molecule has 4 N–H and O–H groups in total. The van der Waals surface area contributed by atoms with Crippen LogP contribution in [0.1, 0.15) is 42.5 Å². The smallest absolute Gasteiger partial charge is 0.477 e. The van der Waals surface area contributed by atoms with E-state index in [9.17, 15) is 9.90 Å². The lowest BCUT2D eigenvalue weighted by atomic mass is 9.95. The molecule has 4 rings (SSSR count). The molecule has 1 aliphatic carbocycles. The molecular weight excluding hydrogens is 444 g/mol. The summed E-state index contributed by atoms with van der Waals surface area (Å²) in [7, 11) is 1.83. The van der Waals surface area contributed by atoms with E-state index in [1.165, 1.54) is 6.07 Å². The summed E-state index contributed by atoms with van der Waals surface area (Å²) in [6.07, 6.45) is 9.93. The van der Waals surface area contributed by atoms with Gasteiger partial charge in [0.05, 0.1) is 24.6 Å².